The Labute approximate surface area is 297 Å². The predicted octanol–water partition coefficient (Wildman–Crippen LogP) is 5.46. The van der Waals surface area contributed by atoms with E-state index in [9.17, 15) is 34.0 Å². The monoisotopic (exact) mass is 728 g/mol. The highest BCUT2D eigenvalue weighted by molar-refractivity contribution is 8.24. The molecule has 1 aliphatic rings. The lowest BCUT2D eigenvalue weighted by molar-refractivity contribution is -0.153. The molecule has 2 rings (SSSR count). The van der Waals surface area contributed by atoms with Gasteiger partial charge in [-0.05, 0) is 12.1 Å². The van der Waals surface area contributed by atoms with Gasteiger partial charge in [0, 0.05) is 23.0 Å². The molecule has 266 valence electrons. The third-order valence-corrected chi connectivity index (χ3v) is 8.75. The summed E-state index contributed by atoms with van der Waals surface area (Å²) < 4.78 is 31.7. The van der Waals surface area contributed by atoms with Crippen LogP contribution in [0, 0.1) is 28.7 Å². The summed E-state index contributed by atoms with van der Waals surface area (Å²) in [4.78, 5) is 76.3. The first-order valence-corrected chi connectivity index (χ1v) is 16.5. The average molecular weight is 729 g/mol. The normalized spacial score (nSPS) is 11.8. The van der Waals surface area contributed by atoms with Gasteiger partial charge in [0.2, 0.25) is 0 Å². The first-order valence-electron chi connectivity index (χ1n) is 14.9. The van der Waals surface area contributed by atoms with Crippen LogP contribution in [0.25, 0.3) is 4.85 Å². The molecule has 0 radical (unpaired) electrons. The first kappa shape index (κ1) is 41.1. The number of fused-ring (bicyclic) bond motifs is 1. The van der Waals surface area contributed by atoms with Crippen LogP contribution < -0.4 is 9.47 Å². The van der Waals surface area contributed by atoms with Crippen molar-refractivity contribution in [1.82, 2.24) is 0 Å². The third kappa shape index (κ3) is 13.8. The van der Waals surface area contributed by atoms with E-state index in [1.807, 2.05) is 0 Å². The number of allylic oxidation sites excluding steroid dienone is 1. The molecule has 0 spiro atoms. The second-order valence-electron chi connectivity index (χ2n) is 12.0. The molecule has 0 saturated carbocycles. The van der Waals surface area contributed by atoms with E-state index >= 15 is 0 Å². The number of hydrogen-bond donors (Lipinski definition) is 0. The van der Waals surface area contributed by atoms with Gasteiger partial charge in [-0.2, -0.15) is 0 Å². The number of hydrogen-bond acceptors (Lipinski definition) is 15. The van der Waals surface area contributed by atoms with Gasteiger partial charge in [-0.1, -0.05) is 64.4 Å². The summed E-state index contributed by atoms with van der Waals surface area (Å²) in [6.07, 6.45) is 0.763. The Morgan fingerprint density at radius 2 is 1.08 bits per heavy atom. The highest BCUT2D eigenvalue weighted by Gasteiger charge is 2.31. The quantitative estimate of drug-likeness (QED) is 0.0463. The Morgan fingerprint density at radius 3 is 1.42 bits per heavy atom. The fourth-order valence-corrected chi connectivity index (χ4v) is 5.96. The molecule has 14 nitrogen and oxygen atoms in total. The van der Waals surface area contributed by atoms with Crippen molar-refractivity contribution in [2.75, 3.05) is 26.4 Å². The maximum atomic E-state index is 12.7. The van der Waals surface area contributed by atoms with E-state index < -0.39 is 46.6 Å². The molecule has 16 heteroatoms. The molecule has 0 N–H and O–H groups in total. The third-order valence-electron chi connectivity index (χ3n) is 6.15. The van der Waals surface area contributed by atoms with Gasteiger partial charge < -0.3 is 28.4 Å². The van der Waals surface area contributed by atoms with Gasteiger partial charge in [-0.3, -0.25) is 19.2 Å². The van der Waals surface area contributed by atoms with Gasteiger partial charge in [0.15, 0.2) is 0 Å². The number of nitriles is 1. The van der Waals surface area contributed by atoms with Crippen molar-refractivity contribution in [1.29, 1.82) is 5.26 Å². The minimum absolute atomic E-state index is 0.0142. The lowest BCUT2D eigenvalue weighted by atomic mass is 9.96. The van der Waals surface area contributed by atoms with Gasteiger partial charge in [0.1, 0.15) is 11.5 Å². The lowest BCUT2D eigenvalue weighted by Gasteiger charge is -2.23. The van der Waals surface area contributed by atoms with Gasteiger partial charge in [-0.15, -0.1) is 0 Å². The second kappa shape index (κ2) is 19.2. The molecule has 0 unspecified atom stereocenters. The molecule has 0 fully saturated rings. The first-order chi connectivity index (χ1) is 23.5. The summed E-state index contributed by atoms with van der Waals surface area (Å²) in [5.41, 5.74) is -1.58. The summed E-state index contributed by atoms with van der Waals surface area (Å²) in [6, 6.07) is 4.52. The van der Waals surface area contributed by atoms with Gasteiger partial charge in [0.05, 0.1) is 78.8 Å². The maximum absolute atomic E-state index is 12.7. The fourth-order valence-electron chi connectivity index (χ4n) is 3.49. The molecular weight excluding hydrogens is 693 g/mol. The van der Waals surface area contributed by atoms with E-state index in [0.717, 1.165) is 35.7 Å². The van der Waals surface area contributed by atoms with E-state index in [-0.39, 0.29) is 73.5 Å². The molecule has 1 aromatic rings. The number of thioether (sulfide) groups is 2. The summed E-state index contributed by atoms with van der Waals surface area (Å²) >= 11 is 1.95. The number of carbonyl (C=O) groups excluding carboxylic acids is 6. The zero-order valence-electron chi connectivity index (χ0n) is 28.0. The predicted molar refractivity (Wildman–Crippen MR) is 179 cm³/mol. The molecule has 0 aliphatic carbocycles. The standard InChI is InChI=1S/C34H36N2O12S2/c1-8-24(37)43-17-33(3,4)19-45-26(39)12-14-28(41)47-22-10-11-23(31-30(22)49-32(50-31)21(16-35)36-7)48-29(42)15-13-27(40)46-20-34(5,6)18-44-25(38)9-2/h8-11H,1-2,12-15,17-20H2,3-6H3. The topological polar surface area (TPSA) is 186 Å². The molecule has 1 aliphatic heterocycles. The molecule has 0 aromatic heterocycles. The molecule has 1 aromatic carbocycles. The molecule has 0 saturated heterocycles. The molecule has 0 atom stereocenters. The summed E-state index contributed by atoms with van der Waals surface area (Å²) in [7, 11) is 0. The Bertz CT molecular complexity index is 1530. The van der Waals surface area contributed by atoms with Crippen molar-refractivity contribution in [3.63, 3.8) is 0 Å². The number of rotatable bonds is 18. The number of ether oxygens (including phenoxy) is 6. The zero-order chi connectivity index (χ0) is 37.5. The minimum atomic E-state index is -0.776. The number of benzene rings is 1. The zero-order valence-corrected chi connectivity index (χ0v) is 29.6. The highest BCUT2D eigenvalue weighted by Crippen LogP contribution is 2.59. The molecule has 1 heterocycles. The Balaban J connectivity index is 2.02. The molecule has 50 heavy (non-hydrogen) atoms. The van der Waals surface area contributed by atoms with Crippen LogP contribution in [0.3, 0.4) is 0 Å². The smallest absolute Gasteiger partial charge is 0.330 e. The fraction of sp³-hybridized carbons (Fsp3) is 0.412. The average Bonchev–Trinajstić information content (AvgIpc) is 3.53. The van der Waals surface area contributed by atoms with E-state index in [2.05, 4.69) is 18.0 Å². The van der Waals surface area contributed by atoms with E-state index in [0.29, 0.717) is 9.79 Å². The van der Waals surface area contributed by atoms with Crippen LogP contribution >= 0.6 is 23.5 Å². The second-order valence-corrected chi connectivity index (χ2v) is 14.3. The lowest BCUT2D eigenvalue weighted by Crippen LogP contribution is -2.28. The van der Waals surface area contributed by atoms with Gasteiger partial charge in [-0.25, -0.2) is 19.7 Å². The van der Waals surface area contributed by atoms with Gasteiger partial charge in [0.25, 0.3) is 5.70 Å². The SMILES string of the molecule is [C-]#[N+]C(C#N)=C1Sc2c(OC(=O)CCC(=O)OCC(C)(C)COC(=O)C=C)ccc(OC(=O)CCC(=O)OCC(C)(C)COC(=O)C=C)c2S1. The van der Waals surface area contributed by atoms with Crippen LogP contribution in [0.2, 0.25) is 0 Å². The van der Waals surface area contributed by atoms with Crippen LogP contribution in [-0.4, -0.2) is 62.2 Å². The summed E-state index contributed by atoms with van der Waals surface area (Å²) in [5.74, 6) is -4.03. The van der Waals surface area contributed by atoms with Crippen molar-refractivity contribution >= 4 is 59.3 Å². The Hall–Kier alpha value is -5.06. The molecular formula is C34H36N2O12S2. The highest BCUT2D eigenvalue weighted by atomic mass is 32.2. The van der Waals surface area contributed by atoms with E-state index in [1.165, 1.54) is 12.1 Å². The molecule has 0 bridgehead atoms. The van der Waals surface area contributed by atoms with Crippen molar-refractivity contribution in [2.24, 2.45) is 10.8 Å². The number of esters is 6. The van der Waals surface area contributed by atoms with Crippen LogP contribution in [-0.2, 0) is 47.7 Å². The molecule has 0 amide bonds. The minimum Gasteiger partial charge on any atom is -0.465 e. The van der Waals surface area contributed by atoms with Crippen LogP contribution in [0.1, 0.15) is 53.4 Å². The van der Waals surface area contributed by atoms with Gasteiger partial charge >= 0.3 is 35.8 Å². The van der Waals surface area contributed by atoms with Crippen molar-refractivity contribution in [3.8, 4) is 17.6 Å². The Morgan fingerprint density at radius 1 is 0.720 bits per heavy atom. The van der Waals surface area contributed by atoms with Crippen LogP contribution in [0.4, 0.5) is 0 Å². The Kier molecular flexibility index (Phi) is 15.8. The van der Waals surface area contributed by atoms with Crippen LogP contribution in [0.15, 0.2) is 57.2 Å². The van der Waals surface area contributed by atoms with Crippen molar-refractivity contribution in [2.45, 2.75) is 63.2 Å². The van der Waals surface area contributed by atoms with Crippen molar-refractivity contribution in [3.05, 3.63) is 58.8 Å². The number of carbonyl (C=O) groups is 6. The maximum Gasteiger partial charge on any atom is 0.330 e. The van der Waals surface area contributed by atoms with E-state index in [1.54, 1.807) is 33.8 Å². The number of nitrogens with zero attached hydrogens (tertiary/aromatic N) is 2. The summed E-state index contributed by atoms with van der Waals surface area (Å²) in [5, 5.41) is 9.40. The van der Waals surface area contributed by atoms with E-state index in [4.69, 9.17) is 35.0 Å². The summed E-state index contributed by atoms with van der Waals surface area (Å²) in [6.45, 7) is 20.7. The van der Waals surface area contributed by atoms with Crippen molar-refractivity contribution < 1.29 is 57.2 Å². The van der Waals surface area contributed by atoms with Crippen LogP contribution in [0.5, 0.6) is 11.5 Å². The largest absolute Gasteiger partial charge is 0.465 e.